The molecule has 0 radical (unpaired) electrons. The van der Waals surface area contributed by atoms with Gasteiger partial charge in [0.25, 0.3) is 0 Å². The van der Waals surface area contributed by atoms with Crippen molar-refractivity contribution in [2.45, 2.75) is 76.9 Å². The van der Waals surface area contributed by atoms with Crippen LogP contribution in [0.2, 0.25) is 10.0 Å². The molecule has 2 aliphatic rings. The summed E-state index contributed by atoms with van der Waals surface area (Å²) in [7, 11) is 0. The van der Waals surface area contributed by atoms with E-state index >= 15 is 0 Å². The number of aliphatic carboxylic acids is 2. The van der Waals surface area contributed by atoms with Crippen LogP contribution in [0.15, 0.2) is 24.4 Å². The smallest absolute Gasteiger partial charge is 0.479 e. The number of nitrogens with zero attached hydrogens (tertiary/aromatic N) is 6. The van der Waals surface area contributed by atoms with Gasteiger partial charge in [0, 0.05) is 41.6 Å². The molecule has 0 saturated carbocycles. The minimum Gasteiger partial charge on any atom is -0.479 e. The second-order valence-electron chi connectivity index (χ2n) is 11.4. The van der Waals surface area contributed by atoms with Crippen LogP contribution in [0, 0.1) is 12.8 Å². The fourth-order valence-corrected chi connectivity index (χ4v) is 6.72. The van der Waals surface area contributed by atoms with E-state index in [0.717, 1.165) is 61.5 Å². The molecule has 2 N–H and O–H groups in total. The van der Waals surface area contributed by atoms with E-state index in [1.807, 2.05) is 36.9 Å². The fraction of sp³-hybridized carbons (Fsp3) is 0.552. The number of carboxylic acids is 2. The van der Waals surface area contributed by atoms with Crippen molar-refractivity contribution in [2.75, 3.05) is 24.5 Å². The molecule has 0 bridgehead atoms. The molecule has 2 aromatic heterocycles. The number of fused-ring (bicyclic) bond motifs is 1. The largest absolute Gasteiger partial charge is 0.490 e. The Hall–Kier alpha value is -3.23. The minimum absolute atomic E-state index is 0.0188. The number of halogens is 6. The molecule has 16 heteroatoms. The number of carbonyl (C=O) groups is 2. The lowest BCUT2D eigenvalue weighted by atomic mass is 9.91. The standard InChI is InChI=1S/C27H33Cl2FN6O2.C2HF3O2/c1-15-14-34(10-8-23(15)35-9-4-5-19(35)12-22(30)27(37)38)24-13-31-25-16(2)33-36(26(25)32-24)17(3)20-7-6-18(28)11-21(20)29;3-2(4,5)1(6)7/h6-7,11,13,15,17,19,22-23H,4-5,8-10,12,14H2,1-3H3,(H,37,38);(H,6,7)/t15?,17?,19-,22?,23?;/m0./s1. The highest BCUT2D eigenvalue weighted by Crippen LogP contribution is 2.34. The highest BCUT2D eigenvalue weighted by molar-refractivity contribution is 6.35. The molecule has 5 rings (SSSR count). The lowest BCUT2D eigenvalue weighted by molar-refractivity contribution is -0.192. The van der Waals surface area contributed by atoms with Gasteiger partial charge in [-0.15, -0.1) is 0 Å². The molecular weight excluding hydrogens is 643 g/mol. The van der Waals surface area contributed by atoms with Crippen LogP contribution in [0.5, 0.6) is 0 Å². The molecule has 2 saturated heterocycles. The Morgan fingerprint density at radius 3 is 2.44 bits per heavy atom. The van der Waals surface area contributed by atoms with Crippen LogP contribution in [0.4, 0.5) is 23.4 Å². The minimum atomic E-state index is -5.08. The fourth-order valence-electron chi connectivity index (χ4n) is 6.16. The zero-order valence-electron chi connectivity index (χ0n) is 24.8. The van der Waals surface area contributed by atoms with Crippen molar-refractivity contribution in [3.8, 4) is 0 Å². The van der Waals surface area contributed by atoms with Crippen LogP contribution in [-0.4, -0.2) is 90.9 Å². The first kappa shape index (κ1) is 34.6. The molecule has 246 valence electrons. The van der Waals surface area contributed by atoms with Gasteiger partial charge in [-0.05, 0) is 63.3 Å². The highest BCUT2D eigenvalue weighted by atomic mass is 35.5. The summed E-state index contributed by atoms with van der Waals surface area (Å²) in [4.78, 5) is 34.3. The molecule has 0 aliphatic carbocycles. The quantitative estimate of drug-likeness (QED) is 0.282. The number of likely N-dealkylation sites (tertiary alicyclic amines) is 1. The maximum atomic E-state index is 14.0. The average Bonchev–Trinajstić information content (AvgIpc) is 3.56. The Kier molecular flexibility index (Phi) is 10.8. The van der Waals surface area contributed by atoms with Crippen molar-refractivity contribution in [3.63, 3.8) is 0 Å². The summed E-state index contributed by atoms with van der Waals surface area (Å²) in [5.41, 5.74) is 3.17. The summed E-state index contributed by atoms with van der Waals surface area (Å²) in [5.74, 6) is -3.02. The van der Waals surface area contributed by atoms with E-state index in [9.17, 15) is 22.4 Å². The van der Waals surface area contributed by atoms with Crippen LogP contribution in [0.1, 0.15) is 56.8 Å². The normalized spacial score (nSPS) is 22.2. The number of hydrogen-bond acceptors (Lipinski definition) is 7. The predicted molar refractivity (Wildman–Crippen MR) is 161 cm³/mol. The summed E-state index contributed by atoms with van der Waals surface area (Å²) in [5, 5.41) is 22.1. The van der Waals surface area contributed by atoms with Crippen LogP contribution in [-0.2, 0) is 9.59 Å². The summed E-state index contributed by atoms with van der Waals surface area (Å²) in [6.07, 6.45) is -2.29. The van der Waals surface area contributed by atoms with Gasteiger partial charge in [0.05, 0.1) is 17.9 Å². The van der Waals surface area contributed by atoms with Gasteiger partial charge in [0.15, 0.2) is 11.8 Å². The molecular formula is C29H34Cl2F4N6O4. The van der Waals surface area contributed by atoms with E-state index in [1.54, 1.807) is 6.07 Å². The van der Waals surface area contributed by atoms with Crippen molar-refractivity contribution in [2.24, 2.45) is 5.92 Å². The molecule has 3 aromatic rings. The number of aryl methyl sites for hydroxylation is 1. The number of aromatic nitrogens is 4. The second-order valence-corrected chi connectivity index (χ2v) is 12.3. The Bertz CT molecular complexity index is 1540. The summed E-state index contributed by atoms with van der Waals surface area (Å²) in [6, 6.07) is 5.57. The van der Waals surface area contributed by atoms with Gasteiger partial charge in [-0.25, -0.2) is 28.6 Å². The molecule has 0 spiro atoms. The van der Waals surface area contributed by atoms with Gasteiger partial charge in [0.1, 0.15) is 11.3 Å². The zero-order chi connectivity index (χ0) is 33.2. The number of rotatable bonds is 7. The predicted octanol–water partition coefficient (Wildman–Crippen LogP) is 6.18. The van der Waals surface area contributed by atoms with Crippen molar-refractivity contribution >= 4 is 52.1 Å². The Morgan fingerprint density at radius 1 is 1.16 bits per heavy atom. The van der Waals surface area contributed by atoms with Gasteiger partial charge in [0.2, 0.25) is 0 Å². The molecule has 2 aliphatic heterocycles. The molecule has 4 heterocycles. The van der Waals surface area contributed by atoms with Crippen LogP contribution < -0.4 is 4.90 Å². The molecule has 2 fully saturated rings. The summed E-state index contributed by atoms with van der Waals surface area (Å²) < 4.78 is 47.6. The van der Waals surface area contributed by atoms with E-state index in [1.165, 1.54) is 0 Å². The summed E-state index contributed by atoms with van der Waals surface area (Å²) >= 11 is 12.6. The maximum Gasteiger partial charge on any atom is 0.490 e. The third kappa shape index (κ3) is 7.95. The molecule has 4 unspecified atom stereocenters. The zero-order valence-corrected chi connectivity index (χ0v) is 26.3. The lowest BCUT2D eigenvalue weighted by Crippen LogP contribution is -2.52. The SMILES string of the molecule is Cc1nn(C(C)c2ccc(Cl)cc2Cl)c2nc(N3CCC(N4CCC[C@H]4CC(F)C(=O)O)C(C)C3)cnc12.O=C(O)C(F)(F)F. The van der Waals surface area contributed by atoms with E-state index < -0.39 is 24.3 Å². The first-order chi connectivity index (χ1) is 21.1. The Balaban J connectivity index is 0.000000591. The molecule has 10 nitrogen and oxygen atoms in total. The third-order valence-corrected chi connectivity index (χ3v) is 8.92. The number of carboxylic acid groups (broad SMARTS) is 2. The van der Waals surface area contributed by atoms with E-state index in [0.29, 0.717) is 21.6 Å². The summed E-state index contributed by atoms with van der Waals surface area (Å²) in [6.45, 7) is 8.64. The number of anilines is 1. The Morgan fingerprint density at radius 2 is 1.84 bits per heavy atom. The maximum absolute atomic E-state index is 14.0. The second kappa shape index (κ2) is 14.0. The van der Waals surface area contributed by atoms with Gasteiger partial charge < -0.3 is 15.1 Å². The topological polar surface area (TPSA) is 125 Å². The number of alkyl halides is 4. The van der Waals surface area contributed by atoms with Gasteiger partial charge in [-0.2, -0.15) is 18.3 Å². The van der Waals surface area contributed by atoms with E-state index in [4.69, 9.17) is 53.3 Å². The van der Waals surface area contributed by atoms with Crippen molar-refractivity contribution in [1.29, 1.82) is 0 Å². The molecule has 0 amide bonds. The average molecular weight is 678 g/mol. The number of hydrogen-bond donors (Lipinski definition) is 2. The first-order valence-electron chi connectivity index (χ1n) is 14.4. The van der Waals surface area contributed by atoms with Crippen molar-refractivity contribution < 1.29 is 37.4 Å². The lowest BCUT2D eigenvalue weighted by Gasteiger charge is -2.44. The molecule has 1 aromatic carbocycles. The van der Waals surface area contributed by atoms with E-state index in [-0.39, 0.29) is 24.5 Å². The number of piperidine rings is 1. The third-order valence-electron chi connectivity index (χ3n) is 8.36. The van der Waals surface area contributed by atoms with E-state index in [2.05, 4.69) is 16.7 Å². The van der Waals surface area contributed by atoms with Gasteiger partial charge >= 0.3 is 18.1 Å². The highest BCUT2D eigenvalue weighted by Gasteiger charge is 2.39. The van der Waals surface area contributed by atoms with Crippen LogP contribution in [0.3, 0.4) is 0 Å². The first-order valence-corrected chi connectivity index (χ1v) is 15.2. The molecule has 45 heavy (non-hydrogen) atoms. The monoisotopic (exact) mass is 676 g/mol. The number of benzene rings is 1. The van der Waals surface area contributed by atoms with Gasteiger partial charge in [-0.1, -0.05) is 36.2 Å². The van der Waals surface area contributed by atoms with Crippen LogP contribution >= 0.6 is 23.2 Å². The van der Waals surface area contributed by atoms with Gasteiger partial charge in [-0.3, -0.25) is 4.90 Å². The Labute approximate surface area is 266 Å². The molecule has 5 atom stereocenters. The van der Waals surface area contributed by atoms with Crippen molar-refractivity contribution in [3.05, 3.63) is 45.7 Å². The van der Waals surface area contributed by atoms with Crippen molar-refractivity contribution in [1.82, 2.24) is 24.6 Å². The van der Waals surface area contributed by atoms with Crippen LogP contribution in [0.25, 0.3) is 11.2 Å².